The Hall–Kier alpha value is -1.11. The highest BCUT2D eigenvalue weighted by Crippen LogP contribution is 2.39. The minimum atomic E-state index is -0.0150. The van der Waals surface area contributed by atoms with E-state index in [9.17, 15) is 9.90 Å². The van der Waals surface area contributed by atoms with Gasteiger partial charge >= 0.3 is 0 Å². The van der Waals surface area contributed by atoms with Gasteiger partial charge in [0, 0.05) is 34.3 Å². The molecule has 1 aromatic carbocycles. The molecule has 6 heteroatoms. The maximum atomic E-state index is 12.7. The lowest BCUT2D eigenvalue weighted by molar-refractivity contribution is 0.0626. The minimum Gasteiger partial charge on any atom is -0.397 e. The van der Waals surface area contributed by atoms with E-state index in [0.29, 0.717) is 17.1 Å². The molecule has 1 fully saturated rings. The monoisotopic (exact) mass is 368 g/mol. The normalized spacial score (nSPS) is 19.1. The Morgan fingerprint density at radius 2 is 2.33 bits per heavy atom. The summed E-state index contributed by atoms with van der Waals surface area (Å²) in [6.07, 6.45) is 1.92. The molecule has 21 heavy (non-hydrogen) atoms. The lowest BCUT2D eigenvalue weighted by atomic mass is 9.99. The van der Waals surface area contributed by atoms with E-state index in [0.717, 1.165) is 33.9 Å². The van der Waals surface area contributed by atoms with E-state index < -0.39 is 0 Å². The zero-order valence-electron chi connectivity index (χ0n) is 11.5. The number of aliphatic hydroxyl groups is 1. The van der Waals surface area contributed by atoms with Gasteiger partial charge in [-0.15, -0.1) is 11.3 Å². The van der Waals surface area contributed by atoms with E-state index in [1.807, 2.05) is 23.1 Å². The van der Waals surface area contributed by atoms with E-state index in [2.05, 4.69) is 15.9 Å². The van der Waals surface area contributed by atoms with Gasteiger partial charge in [-0.3, -0.25) is 4.79 Å². The molecule has 1 unspecified atom stereocenters. The number of carbonyl (C=O) groups excluding carboxylic acids is 1. The summed E-state index contributed by atoms with van der Waals surface area (Å²) in [4.78, 5) is 15.1. The number of piperidine rings is 1. The maximum absolute atomic E-state index is 12.7. The summed E-state index contributed by atoms with van der Waals surface area (Å²) in [5.74, 6) is 0.170. The number of thiophene rings is 1. The minimum absolute atomic E-state index is 0.0150. The van der Waals surface area contributed by atoms with E-state index in [1.165, 1.54) is 11.3 Å². The molecule has 1 saturated heterocycles. The predicted molar refractivity (Wildman–Crippen MR) is 89.7 cm³/mol. The van der Waals surface area contributed by atoms with Crippen molar-refractivity contribution in [1.82, 2.24) is 4.90 Å². The molecule has 0 saturated carbocycles. The number of carbonyl (C=O) groups is 1. The fourth-order valence-electron chi connectivity index (χ4n) is 2.83. The van der Waals surface area contributed by atoms with Gasteiger partial charge in [0.1, 0.15) is 4.88 Å². The first kappa shape index (κ1) is 14.8. The van der Waals surface area contributed by atoms with Crippen molar-refractivity contribution in [3.63, 3.8) is 0 Å². The van der Waals surface area contributed by atoms with E-state index in [-0.39, 0.29) is 18.4 Å². The molecule has 1 aromatic heterocycles. The number of nitrogens with zero attached hydrogens (tertiary/aromatic N) is 1. The number of halogens is 1. The smallest absolute Gasteiger partial charge is 0.266 e. The predicted octanol–water partition coefficient (Wildman–Crippen LogP) is 3.09. The second-order valence-corrected chi connectivity index (χ2v) is 7.31. The van der Waals surface area contributed by atoms with Crippen molar-refractivity contribution >= 4 is 48.9 Å². The van der Waals surface area contributed by atoms with Crippen LogP contribution in [0.15, 0.2) is 22.7 Å². The molecule has 0 radical (unpaired) electrons. The van der Waals surface area contributed by atoms with Crippen LogP contribution in [-0.4, -0.2) is 35.6 Å². The summed E-state index contributed by atoms with van der Waals surface area (Å²) < 4.78 is 1.93. The van der Waals surface area contributed by atoms with Crippen LogP contribution in [0.2, 0.25) is 0 Å². The number of fused-ring (bicyclic) bond motifs is 1. The van der Waals surface area contributed by atoms with Crippen molar-refractivity contribution in [2.45, 2.75) is 12.8 Å². The van der Waals surface area contributed by atoms with Crippen LogP contribution in [0.3, 0.4) is 0 Å². The van der Waals surface area contributed by atoms with Crippen LogP contribution in [0.5, 0.6) is 0 Å². The molecule has 0 spiro atoms. The van der Waals surface area contributed by atoms with Crippen LogP contribution in [0.25, 0.3) is 10.1 Å². The third-order valence-electron chi connectivity index (χ3n) is 3.96. The average molecular weight is 369 g/mol. The number of nitrogen functional groups attached to an aromatic ring is 1. The number of hydrogen-bond donors (Lipinski definition) is 2. The highest BCUT2D eigenvalue weighted by atomic mass is 79.9. The molecule has 0 aliphatic carbocycles. The molecular weight excluding hydrogens is 352 g/mol. The molecule has 2 heterocycles. The van der Waals surface area contributed by atoms with Crippen molar-refractivity contribution in [2.24, 2.45) is 5.92 Å². The molecule has 1 aliphatic heterocycles. The van der Waals surface area contributed by atoms with Gasteiger partial charge in [0.05, 0.1) is 5.69 Å². The summed E-state index contributed by atoms with van der Waals surface area (Å²) in [6, 6.07) is 5.85. The Labute approximate surface area is 135 Å². The zero-order valence-corrected chi connectivity index (χ0v) is 13.9. The molecule has 1 atom stereocenters. The molecule has 0 bridgehead atoms. The number of nitrogens with two attached hydrogens (primary N) is 1. The summed E-state index contributed by atoms with van der Waals surface area (Å²) in [7, 11) is 0. The summed E-state index contributed by atoms with van der Waals surface area (Å²) in [5.41, 5.74) is 6.75. The quantitative estimate of drug-likeness (QED) is 0.855. The fourth-order valence-corrected chi connectivity index (χ4v) is 4.66. The largest absolute Gasteiger partial charge is 0.397 e. The van der Waals surface area contributed by atoms with E-state index >= 15 is 0 Å². The Morgan fingerprint density at radius 1 is 1.52 bits per heavy atom. The first-order valence-electron chi connectivity index (χ1n) is 6.98. The number of hydrogen-bond acceptors (Lipinski definition) is 4. The molecule has 4 nitrogen and oxygen atoms in total. The number of likely N-dealkylation sites (tertiary alicyclic amines) is 1. The number of aliphatic hydroxyl groups excluding tert-OH is 1. The van der Waals surface area contributed by atoms with Crippen LogP contribution < -0.4 is 5.73 Å². The first-order chi connectivity index (χ1) is 10.1. The number of rotatable bonds is 2. The van der Waals surface area contributed by atoms with Crippen LogP contribution in [0.4, 0.5) is 5.69 Å². The zero-order chi connectivity index (χ0) is 15.0. The molecule has 112 valence electrons. The lowest BCUT2D eigenvalue weighted by Crippen LogP contribution is -2.40. The topological polar surface area (TPSA) is 66.6 Å². The van der Waals surface area contributed by atoms with E-state index in [4.69, 9.17) is 5.73 Å². The van der Waals surface area contributed by atoms with Crippen molar-refractivity contribution in [3.05, 3.63) is 27.5 Å². The SMILES string of the molecule is Nc1c(C(=O)N2CCCC(CO)C2)sc2cccc(Br)c12. The van der Waals surface area contributed by atoms with Gasteiger partial charge in [0.2, 0.25) is 0 Å². The average Bonchev–Trinajstić information content (AvgIpc) is 2.85. The molecular formula is C15H17BrN2O2S. The Morgan fingerprint density at radius 3 is 3.05 bits per heavy atom. The van der Waals surface area contributed by atoms with E-state index in [1.54, 1.807) is 0 Å². The van der Waals surface area contributed by atoms with Crippen molar-refractivity contribution < 1.29 is 9.90 Å². The van der Waals surface area contributed by atoms with Gasteiger partial charge in [-0.1, -0.05) is 22.0 Å². The molecule has 1 aliphatic rings. The summed E-state index contributed by atoms with van der Waals surface area (Å²) >= 11 is 4.94. The lowest BCUT2D eigenvalue weighted by Gasteiger charge is -2.31. The Balaban J connectivity index is 1.95. The van der Waals surface area contributed by atoms with Crippen LogP contribution in [-0.2, 0) is 0 Å². The summed E-state index contributed by atoms with van der Waals surface area (Å²) in [5, 5.41) is 10.2. The van der Waals surface area contributed by atoms with Gasteiger partial charge < -0.3 is 15.7 Å². The third-order valence-corrected chi connectivity index (χ3v) is 5.78. The molecule has 1 amide bonds. The van der Waals surface area contributed by atoms with Gasteiger partial charge in [-0.2, -0.15) is 0 Å². The van der Waals surface area contributed by atoms with Gasteiger partial charge in [0.25, 0.3) is 5.91 Å². The van der Waals surface area contributed by atoms with Gasteiger partial charge in [-0.25, -0.2) is 0 Å². The van der Waals surface area contributed by atoms with Crippen molar-refractivity contribution in [3.8, 4) is 0 Å². The standard InChI is InChI=1S/C15H17BrN2O2S/c16-10-4-1-5-11-12(10)13(17)14(21-11)15(20)18-6-2-3-9(7-18)8-19/h1,4-5,9,19H,2-3,6-8,17H2. The van der Waals surface area contributed by atoms with Crippen LogP contribution in [0.1, 0.15) is 22.5 Å². The molecule has 2 aromatic rings. The van der Waals surface area contributed by atoms with Crippen LogP contribution in [0, 0.1) is 5.92 Å². The second-order valence-electron chi connectivity index (χ2n) is 5.40. The highest BCUT2D eigenvalue weighted by Gasteiger charge is 2.27. The molecule has 3 rings (SSSR count). The van der Waals surface area contributed by atoms with Gasteiger partial charge in [-0.05, 0) is 30.9 Å². The molecule has 3 N–H and O–H groups in total. The fraction of sp³-hybridized carbons (Fsp3) is 0.400. The first-order valence-corrected chi connectivity index (χ1v) is 8.59. The Bertz CT molecular complexity index is 686. The Kier molecular flexibility index (Phi) is 4.19. The maximum Gasteiger partial charge on any atom is 0.266 e. The summed E-state index contributed by atoms with van der Waals surface area (Å²) in [6.45, 7) is 1.49. The van der Waals surface area contributed by atoms with Gasteiger partial charge in [0.15, 0.2) is 0 Å². The van der Waals surface area contributed by atoms with Crippen molar-refractivity contribution in [1.29, 1.82) is 0 Å². The number of anilines is 1. The van der Waals surface area contributed by atoms with Crippen molar-refractivity contribution in [2.75, 3.05) is 25.4 Å². The highest BCUT2D eigenvalue weighted by molar-refractivity contribution is 9.10. The number of amides is 1. The third kappa shape index (κ3) is 2.67. The van der Waals surface area contributed by atoms with Crippen LogP contribution >= 0.6 is 27.3 Å². The number of benzene rings is 1. The second kappa shape index (κ2) is 5.94.